The quantitative estimate of drug-likeness (QED) is 0.768. The van der Waals surface area contributed by atoms with E-state index in [2.05, 4.69) is 11.4 Å². The van der Waals surface area contributed by atoms with Crippen molar-refractivity contribution in [1.29, 1.82) is 0 Å². The Kier molecular flexibility index (Phi) is 2.13. The lowest BCUT2D eigenvalue weighted by atomic mass is 10.0. The Hall–Kier alpha value is -2.36. The summed E-state index contributed by atoms with van der Waals surface area (Å²) in [6, 6.07) is 6.05. The lowest BCUT2D eigenvalue weighted by Gasteiger charge is -1.99. The Balaban J connectivity index is 2.28. The number of imide groups is 1. The Morgan fingerprint density at radius 3 is 2.67 bits per heavy atom. The minimum atomic E-state index is -0.348. The number of nitrogens with one attached hydrogen (secondary N) is 1. The highest BCUT2D eigenvalue weighted by molar-refractivity contribution is 6.35. The molecule has 0 unspecified atom stereocenters. The molecule has 2 amide bonds. The maximum absolute atomic E-state index is 11.7. The van der Waals surface area contributed by atoms with Crippen LogP contribution in [0.5, 0.6) is 0 Å². The van der Waals surface area contributed by atoms with Crippen LogP contribution < -0.4 is 5.32 Å². The molecule has 0 bridgehead atoms. The highest BCUT2D eigenvalue weighted by atomic mass is 16.2. The molecule has 1 aromatic heterocycles. The monoisotopic (exact) mass is 240 g/mol. The zero-order valence-electron chi connectivity index (χ0n) is 10.2. The summed E-state index contributed by atoms with van der Waals surface area (Å²) in [5.41, 5.74) is 3.46. The molecule has 3 rings (SSSR count). The molecule has 0 saturated heterocycles. The third-order valence-corrected chi connectivity index (χ3v) is 3.19. The molecule has 1 N–H and O–H groups in total. The van der Waals surface area contributed by atoms with Crippen molar-refractivity contribution in [3.05, 3.63) is 41.6 Å². The molecule has 1 aromatic carbocycles. The molecule has 2 aromatic rings. The first-order chi connectivity index (χ1) is 8.56. The lowest BCUT2D eigenvalue weighted by molar-refractivity contribution is -0.123. The van der Waals surface area contributed by atoms with Crippen LogP contribution >= 0.6 is 0 Å². The summed E-state index contributed by atoms with van der Waals surface area (Å²) >= 11 is 0. The van der Waals surface area contributed by atoms with Gasteiger partial charge in [-0.05, 0) is 18.6 Å². The van der Waals surface area contributed by atoms with Crippen molar-refractivity contribution in [2.24, 2.45) is 7.05 Å². The number of amides is 2. The van der Waals surface area contributed by atoms with E-state index in [1.807, 2.05) is 36.9 Å². The van der Waals surface area contributed by atoms with Gasteiger partial charge in [0.25, 0.3) is 11.8 Å². The number of carbonyl (C=O) groups excluding carboxylic acids is 2. The molecule has 1 aliphatic rings. The number of carbonyl (C=O) groups is 2. The van der Waals surface area contributed by atoms with Crippen molar-refractivity contribution in [2.75, 3.05) is 0 Å². The first-order valence-electron chi connectivity index (χ1n) is 5.69. The Morgan fingerprint density at radius 2 is 2.00 bits per heavy atom. The van der Waals surface area contributed by atoms with Gasteiger partial charge in [0, 0.05) is 35.8 Å². The smallest absolute Gasteiger partial charge is 0.258 e. The van der Waals surface area contributed by atoms with E-state index in [4.69, 9.17) is 0 Å². The average molecular weight is 240 g/mol. The summed E-state index contributed by atoms with van der Waals surface area (Å²) in [6.07, 6.45) is 3.24. The van der Waals surface area contributed by atoms with Crippen molar-refractivity contribution in [3.8, 4) is 0 Å². The van der Waals surface area contributed by atoms with E-state index in [9.17, 15) is 9.59 Å². The SMILES string of the molecule is Cc1ccc2c(C3=CC(=O)NC3=O)cn(C)c2c1. The summed E-state index contributed by atoms with van der Waals surface area (Å²) in [5, 5.41) is 3.26. The molecular formula is C14H12N2O2. The minimum absolute atomic E-state index is 0.326. The number of nitrogens with zero attached hydrogens (tertiary/aromatic N) is 1. The van der Waals surface area contributed by atoms with Crippen LogP contribution in [-0.4, -0.2) is 16.4 Å². The number of aryl methyl sites for hydroxylation is 2. The normalized spacial score (nSPS) is 15.1. The highest BCUT2D eigenvalue weighted by Crippen LogP contribution is 2.29. The summed E-state index contributed by atoms with van der Waals surface area (Å²) in [5.74, 6) is -0.674. The third kappa shape index (κ3) is 1.46. The van der Waals surface area contributed by atoms with Gasteiger partial charge in [0.05, 0.1) is 5.57 Å². The summed E-state index contributed by atoms with van der Waals surface area (Å²) in [4.78, 5) is 22.9. The molecule has 90 valence electrons. The number of fused-ring (bicyclic) bond motifs is 1. The van der Waals surface area contributed by atoms with Crippen LogP contribution in [0, 0.1) is 6.92 Å². The van der Waals surface area contributed by atoms with E-state index >= 15 is 0 Å². The second-order valence-corrected chi connectivity index (χ2v) is 4.55. The van der Waals surface area contributed by atoms with Crippen LogP contribution in [0.1, 0.15) is 11.1 Å². The van der Waals surface area contributed by atoms with E-state index in [0.29, 0.717) is 5.57 Å². The van der Waals surface area contributed by atoms with Crippen molar-refractivity contribution < 1.29 is 9.59 Å². The van der Waals surface area contributed by atoms with Gasteiger partial charge < -0.3 is 4.57 Å². The van der Waals surface area contributed by atoms with Crippen LogP contribution in [0.25, 0.3) is 16.5 Å². The lowest BCUT2D eigenvalue weighted by Crippen LogP contribution is -2.21. The van der Waals surface area contributed by atoms with Gasteiger partial charge in [-0.25, -0.2) is 0 Å². The predicted octanol–water partition coefficient (Wildman–Crippen LogP) is 1.53. The number of rotatable bonds is 1. The number of hydrogen-bond donors (Lipinski definition) is 1. The van der Waals surface area contributed by atoms with Crippen LogP contribution in [0.15, 0.2) is 30.5 Å². The van der Waals surface area contributed by atoms with Crippen LogP contribution in [-0.2, 0) is 16.6 Å². The fourth-order valence-electron chi connectivity index (χ4n) is 2.32. The zero-order chi connectivity index (χ0) is 12.9. The molecule has 4 nitrogen and oxygen atoms in total. The fraction of sp³-hybridized carbons (Fsp3) is 0.143. The number of benzene rings is 1. The molecule has 1 aliphatic heterocycles. The Labute approximate surface area is 104 Å². The average Bonchev–Trinajstić information content (AvgIpc) is 2.80. The topological polar surface area (TPSA) is 51.1 Å². The molecule has 4 heteroatoms. The third-order valence-electron chi connectivity index (χ3n) is 3.19. The highest BCUT2D eigenvalue weighted by Gasteiger charge is 2.24. The van der Waals surface area contributed by atoms with Crippen LogP contribution in [0.3, 0.4) is 0 Å². The van der Waals surface area contributed by atoms with Crippen molar-refractivity contribution in [3.63, 3.8) is 0 Å². The van der Waals surface area contributed by atoms with Gasteiger partial charge in [0.2, 0.25) is 0 Å². The number of aromatic nitrogens is 1. The first-order valence-corrected chi connectivity index (χ1v) is 5.69. The summed E-state index contributed by atoms with van der Waals surface area (Å²) in [7, 11) is 1.93. The fourth-order valence-corrected chi connectivity index (χ4v) is 2.32. The van der Waals surface area contributed by atoms with Gasteiger partial charge in [-0.15, -0.1) is 0 Å². The van der Waals surface area contributed by atoms with Crippen molar-refractivity contribution in [1.82, 2.24) is 9.88 Å². The van der Waals surface area contributed by atoms with Gasteiger partial charge in [0.15, 0.2) is 0 Å². The van der Waals surface area contributed by atoms with Gasteiger partial charge in [-0.2, -0.15) is 0 Å². The first kappa shape index (κ1) is 10.8. The maximum Gasteiger partial charge on any atom is 0.258 e. The zero-order valence-corrected chi connectivity index (χ0v) is 10.2. The molecule has 0 saturated carbocycles. The minimum Gasteiger partial charge on any atom is -0.350 e. The van der Waals surface area contributed by atoms with E-state index < -0.39 is 0 Å². The second-order valence-electron chi connectivity index (χ2n) is 4.55. The molecule has 0 radical (unpaired) electrons. The Bertz CT molecular complexity index is 723. The van der Waals surface area contributed by atoms with Gasteiger partial charge in [-0.3, -0.25) is 14.9 Å². The van der Waals surface area contributed by atoms with Gasteiger partial charge in [-0.1, -0.05) is 12.1 Å². The molecule has 2 heterocycles. The van der Waals surface area contributed by atoms with Gasteiger partial charge in [0.1, 0.15) is 0 Å². The predicted molar refractivity (Wildman–Crippen MR) is 68.8 cm³/mol. The molecule has 0 fully saturated rings. The molecular weight excluding hydrogens is 228 g/mol. The van der Waals surface area contributed by atoms with E-state index in [-0.39, 0.29) is 11.8 Å². The van der Waals surface area contributed by atoms with Gasteiger partial charge >= 0.3 is 0 Å². The summed E-state index contributed by atoms with van der Waals surface area (Å²) < 4.78 is 1.97. The van der Waals surface area contributed by atoms with E-state index in [1.165, 1.54) is 6.08 Å². The second kappa shape index (κ2) is 3.57. The molecule has 18 heavy (non-hydrogen) atoms. The molecule has 0 atom stereocenters. The molecule has 0 spiro atoms. The largest absolute Gasteiger partial charge is 0.350 e. The van der Waals surface area contributed by atoms with Crippen molar-refractivity contribution in [2.45, 2.75) is 6.92 Å². The maximum atomic E-state index is 11.7. The van der Waals surface area contributed by atoms with Crippen LogP contribution in [0.2, 0.25) is 0 Å². The number of hydrogen-bond acceptors (Lipinski definition) is 2. The summed E-state index contributed by atoms with van der Waals surface area (Å²) in [6.45, 7) is 2.02. The standard InChI is InChI=1S/C14H12N2O2/c1-8-3-4-9-11(7-16(2)12(9)5-8)10-6-13(17)15-14(10)18/h3-7H,1-2H3,(H,15,17,18). The Morgan fingerprint density at radius 1 is 1.22 bits per heavy atom. The van der Waals surface area contributed by atoms with E-state index in [1.54, 1.807) is 0 Å². The van der Waals surface area contributed by atoms with Crippen LogP contribution in [0.4, 0.5) is 0 Å². The van der Waals surface area contributed by atoms with E-state index in [0.717, 1.165) is 22.0 Å². The van der Waals surface area contributed by atoms with Crippen molar-refractivity contribution >= 4 is 28.3 Å². The molecule has 0 aliphatic carbocycles.